The Morgan fingerprint density at radius 3 is 2.60 bits per heavy atom. The molecule has 0 heterocycles. The predicted molar refractivity (Wildman–Crippen MR) is 66.6 cm³/mol. The van der Waals surface area contributed by atoms with Gasteiger partial charge in [0.25, 0.3) is 0 Å². The lowest BCUT2D eigenvalue weighted by molar-refractivity contribution is 0.496. The summed E-state index contributed by atoms with van der Waals surface area (Å²) in [7, 11) is 0. The van der Waals surface area contributed by atoms with Crippen molar-refractivity contribution in [3.05, 3.63) is 28.7 Å². The van der Waals surface area contributed by atoms with Gasteiger partial charge in [-0.25, -0.2) is 0 Å². The summed E-state index contributed by atoms with van der Waals surface area (Å²) in [6.45, 7) is 4.82. The lowest BCUT2D eigenvalue weighted by Gasteiger charge is -2.15. The molecule has 80 valence electrons. The number of hydrogen-bond donors (Lipinski definition) is 1. The third kappa shape index (κ3) is 3.56. The lowest BCUT2D eigenvalue weighted by Crippen LogP contribution is -2.17. The molecule has 0 fully saturated rings. The number of nitrogens with zero attached hydrogens (tertiary/aromatic N) is 1. The first-order valence-corrected chi connectivity index (χ1v) is 5.82. The predicted octanol–water partition coefficient (Wildman–Crippen LogP) is 3.66. The Bertz CT molecular complexity index is 355. The Kier molecular flexibility index (Phi) is 4.64. The van der Waals surface area contributed by atoms with Gasteiger partial charge in [-0.15, -0.1) is 0 Å². The van der Waals surface area contributed by atoms with Gasteiger partial charge in [-0.3, -0.25) is 0 Å². The van der Waals surface area contributed by atoms with Crippen molar-refractivity contribution in [1.29, 1.82) is 5.26 Å². The first-order chi connectivity index (χ1) is 7.15. The van der Waals surface area contributed by atoms with Crippen molar-refractivity contribution < 1.29 is 0 Å². The van der Waals surface area contributed by atoms with E-state index in [1.165, 1.54) is 0 Å². The van der Waals surface area contributed by atoms with Crippen LogP contribution < -0.4 is 5.32 Å². The van der Waals surface area contributed by atoms with E-state index in [4.69, 9.17) is 5.26 Å². The molecule has 1 aromatic carbocycles. The summed E-state index contributed by atoms with van der Waals surface area (Å²) in [6, 6.07) is 10.2. The zero-order valence-electron chi connectivity index (χ0n) is 9.00. The Morgan fingerprint density at radius 1 is 1.40 bits per heavy atom. The van der Waals surface area contributed by atoms with Gasteiger partial charge in [-0.05, 0) is 34.0 Å². The molecule has 0 aliphatic rings. The van der Waals surface area contributed by atoms with Crippen LogP contribution in [-0.4, -0.2) is 6.54 Å². The topological polar surface area (TPSA) is 35.8 Å². The molecule has 0 saturated heterocycles. The number of nitrogens with one attached hydrogen (secondary N) is 1. The summed E-state index contributed by atoms with van der Waals surface area (Å²) in [5.41, 5.74) is 1.04. The second kappa shape index (κ2) is 5.77. The van der Waals surface area contributed by atoms with Crippen molar-refractivity contribution in [2.24, 2.45) is 11.8 Å². The van der Waals surface area contributed by atoms with E-state index in [9.17, 15) is 0 Å². The summed E-state index contributed by atoms with van der Waals surface area (Å²) in [5.74, 6) is 0.432. The van der Waals surface area contributed by atoms with Crippen LogP contribution in [0.1, 0.15) is 13.8 Å². The zero-order valence-corrected chi connectivity index (χ0v) is 10.6. The summed E-state index contributed by atoms with van der Waals surface area (Å²) in [4.78, 5) is 0. The number of benzene rings is 1. The molecule has 1 atom stereocenters. The van der Waals surface area contributed by atoms with Crippen molar-refractivity contribution in [3.63, 3.8) is 0 Å². The molecule has 0 amide bonds. The van der Waals surface area contributed by atoms with Gasteiger partial charge in [-0.1, -0.05) is 26.0 Å². The number of hydrogen-bond acceptors (Lipinski definition) is 2. The van der Waals surface area contributed by atoms with E-state index >= 15 is 0 Å². The minimum absolute atomic E-state index is 0.0529. The van der Waals surface area contributed by atoms with Gasteiger partial charge in [-0.2, -0.15) is 5.26 Å². The Morgan fingerprint density at radius 2 is 2.07 bits per heavy atom. The highest BCUT2D eigenvalue weighted by Crippen LogP contribution is 2.22. The van der Waals surface area contributed by atoms with Crippen LogP contribution >= 0.6 is 15.9 Å². The average molecular weight is 267 g/mol. The fraction of sp³-hybridized carbons (Fsp3) is 0.417. The third-order valence-electron chi connectivity index (χ3n) is 2.36. The molecule has 1 N–H and O–H groups in total. The molecule has 2 nitrogen and oxygen atoms in total. The fourth-order valence-corrected chi connectivity index (χ4v) is 1.68. The quantitative estimate of drug-likeness (QED) is 0.903. The van der Waals surface area contributed by atoms with Crippen LogP contribution in [0.2, 0.25) is 0 Å². The van der Waals surface area contributed by atoms with E-state index in [2.05, 4.69) is 41.2 Å². The van der Waals surface area contributed by atoms with Gasteiger partial charge >= 0.3 is 0 Å². The van der Waals surface area contributed by atoms with Gasteiger partial charge in [0.15, 0.2) is 0 Å². The van der Waals surface area contributed by atoms with Crippen LogP contribution in [0.15, 0.2) is 28.7 Å². The van der Waals surface area contributed by atoms with Crippen LogP contribution in [0, 0.1) is 23.2 Å². The van der Waals surface area contributed by atoms with Crippen LogP contribution in [-0.2, 0) is 0 Å². The SMILES string of the molecule is CC(C)C(C#N)CNc1ccccc1Br. The number of rotatable bonds is 4. The number of para-hydroxylation sites is 1. The average Bonchev–Trinajstić information content (AvgIpc) is 2.21. The lowest BCUT2D eigenvalue weighted by atomic mass is 9.97. The maximum absolute atomic E-state index is 8.94. The molecule has 0 radical (unpaired) electrons. The highest BCUT2D eigenvalue weighted by Gasteiger charge is 2.11. The number of nitriles is 1. The first kappa shape index (κ1) is 12.1. The molecule has 0 aromatic heterocycles. The fourth-order valence-electron chi connectivity index (χ4n) is 1.25. The molecule has 3 heteroatoms. The minimum atomic E-state index is 0.0529. The Hall–Kier alpha value is -1.01. The van der Waals surface area contributed by atoms with E-state index in [0.717, 1.165) is 10.2 Å². The maximum atomic E-state index is 8.94. The van der Waals surface area contributed by atoms with E-state index in [1.54, 1.807) is 0 Å². The van der Waals surface area contributed by atoms with Crippen molar-refractivity contribution in [1.82, 2.24) is 0 Å². The van der Waals surface area contributed by atoms with Crippen molar-refractivity contribution in [2.75, 3.05) is 11.9 Å². The molecule has 0 spiro atoms. The molecule has 15 heavy (non-hydrogen) atoms. The summed E-state index contributed by atoms with van der Waals surface area (Å²) >= 11 is 3.46. The molecule has 1 aromatic rings. The summed E-state index contributed by atoms with van der Waals surface area (Å²) < 4.78 is 1.03. The molecule has 0 bridgehead atoms. The van der Waals surface area contributed by atoms with E-state index in [0.29, 0.717) is 12.5 Å². The van der Waals surface area contributed by atoms with Crippen molar-refractivity contribution in [2.45, 2.75) is 13.8 Å². The van der Waals surface area contributed by atoms with Gasteiger partial charge in [0.2, 0.25) is 0 Å². The molecule has 0 aliphatic carbocycles. The first-order valence-electron chi connectivity index (χ1n) is 5.03. The molecule has 1 rings (SSSR count). The van der Waals surface area contributed by atoms with E-state index < -0.39 is 0 Å². The van der Waals surface area contributed by atoms with Gasteiger partial charge < -0.3 is 5.32 Å². The second-order valence-electron chi connectivity index (χ2n) is 3.84. The van der Waals surface area contributed by atoms with Crippen LogP contribution in [0.25, 0.3) is 0 Å². The van der Waals surface area contributed by atoms with Gasteiger partial charge in [0, 0.05) is 16.7 Å². The minimum Gasteiger partial charge on any atom is -0.383 e. The van der Waals surface area contributed by atoms with E-state index in [-0.39, 0.29) is 5.92 Å². The molecule has 0 saturated carbocycles. The smallest absolute Gasteiger partial charge is 0.0677 e. The third-order valence-corrected chi connectivity index (χ3v) is 3.05. The molecule has 1 unspecified atom stereocenters. The molecule has 0 aliphatic heterocycles. The van der Waals surface area contributed by atoms with Crippen LogP contribution in [0.3, 0.4) is 0 Å². The monoisotopic (exact) mass is 266 g/mol. The molecular weight excluding hydrogens is 252 g/mol. The normalized spacial score (nSPS) is 12.2. The van der Waals surface area contributed by atoms with E-state index in [1.807, 2.05) is 24.3 Å². The zero-order chi connectivity index (χ0) is 11.3. The highest BCUT2D eigenvalue weighted by molar-refractivity contribution is 9.10. The van der Waals surface area contributed by atoms with Crippen molar-refractivity contribution >= 4 is 21.6 Å². The maximum Gasteiger partial charge on any atom is 0.0677 e. The largest absolute Gasteiger partial charge is 0.383 e. The Labute approximate surface area is 99.4 Å². The standard InChI is InChI=1S/C12H15BrN2/c1-9(2)10(7-14)8-15-12-6-4-3-5-11(12)13/h3-6,9-10,15H,8H2,1-2H3. The highest BCUT2D eigenvalue weighted by atomic mass is 79.9. The number of halogens is 1. The number of anilines is 1. The second-order valence-corrected chi connectivity index (χ2v) is 4.69. The van der Waals surface area contributed by atoms with Gasteiger partial charge in [0.1, 0.15) is 0 Å². The van der Waals surface area contributed by atoms with Crippen molar-refractivity contribution in [3.8, 4) is 6.07 Å². The van der Waals surface area contributed by atoms with Gasteiger partial charge in [0.05, 0.1) is 12.0 Å². The summed E-state index contributed by atoms with van der Waals surface area (Å²) in [6.07, 6.45) is 0. The summed E-state index contributed by atoms with van der Waals surface area (Å²) in [5, 5.41) is 12.2. The molecular formula is C12H15BrN2. The van der Waals surface area contributed by atoms with Crippen LogP contribution in [0.5, 0.6) is 0 Å². The Balaban J connectivity index is 2.58. The van der Waals surface area contributed by atoms with Crippen LogP contribution in [0.4, 0.5) is 5.69 Å².